The third-order valence-electron chi connectivity index (χ3n) is 2.08. The summed E-state index contributed by atoms with van der Waals surface area (Å²) in [7, 11) is 0. The molecule has 0 atom stereocenters. The Kier molecular flexibility index (Phi) is 38.2. The summed E-state index contributed by atoms with van der Waals surface area (Å²) in [5.74, 6) is 0. The number of rotatable bonds is 2. The van der Waals surface area contributed by atoms with Crippen molar-refractivity contribution in [1.82, 2.24) is 15.5 Å². The molecule has 8 heteroatoms. The molecule has 0 saturated carbocycles. The van der Waals surface area contributed by atoms with Gasteiger partial charge in [0.05, 0.1) is 0 Å². The van der Waals surface area contributed by atoms with E-state index >= 15 is 0 Å². The first-order chi connectivity index (χ1) is 5.93. The molecule has 1 heterocycles. The summed E-state index contributed by atoms with van der Waals surface area (Å²) in [6.45, 7) is 11.4. The van der Waals surface area contributed by atoms with Crippen molar-refractivity contribution in [2.45, 2.75) is 0 Å². The topological polar surface area (TPSA) is 144 Å². The molecule has 17 heavy (non-hydrogen) atoms. The molecule has 0 amide bonds. The van der Waals surface area contributed by atoms with Crippen LogP contribution in [0.15, 0.2) is 12.7 Å². The molecule has 1 saturated heterocycles. The van der Waals surface area contributed by atoms with E-state index in [1.54, 1.807) is 0 Å². The first kappa shape index (κ1) is 30.3. The van der Waals surface area contributed by atoms with Gasteiger partial charge in [0.1, 0.15) is 0 Å². The van der Waals surface area contributed by atoms with E-state index in [0.717, 1.165) is 45.8 Å². The maximum Gasteiger partial charge on any atom is 0.0161 e. The monoisotopic (exact) mass is 333 g/mol. The maximum atomic E-state index is 3.75. The molecule has 7 nitrogen and oxygen atoms in total. The second-order valence-corrected chi connectivity index (χ2v) is 3.09. The number of hydrogen-bond donors (Lipinski definition) is 2. The third kappa shape index (κ3) is 16.1. The van der Waals surface area contributed by atoms with Gasteiger partial charge < -0.3 is 32.5 Å². The van der Waals surface area contributed by atoms with Crippen molar-refractivity contribution in [1.29, 1.82) is 0 Å². The second kappa shape index (κ2) is 21.4. The zero-order chi connectivity index (χ0) is 8.65. The predicted octanol–water partition coefficient (Wildman–Crippen LogP) is -1.52. The summed E-state index contributed by atoms with van der Waals surface area (Å²) in [6.07, 6.45) is 1.97. The summed E-state index contributed by atoms with van der Waals surface area (Å²) in [4.78, 5) is 2.40. The molecule has 0 spiro atoms. The van der Waals surface area contributed by atoms with E-state index in [1.807, 2.05) is 6.08 Å². The van der Waals surface area contributed by atoms with Crippen molar-refractivity contribution in [3.8, 4) is 0 Å². The van der Waals surface area contributed by atoms with Gasteiger partial charge in [0, 0.05) is 66.9 Å². The Balaban J connectivity index is -0.0000000960. The Bertz CT molecular complexity index is 133. The van der Waals surface area contributed by atoms with Crippen molar-refractivity contribution >= 4 is 0 Å². The quantitative estimate of drug-likeness (QED) is 0.468. The molecule has 0 aromatic rings. The van der Waals surface area contributed by atoms with Crippen LogP contribution in [0.3, 0.4) is 0 Å². The van der Waals surface area contributed by atoms with Crippen LogP contribution in [0.5, 0.6) is 0 Å². The largest absolute Gasteiger partial charge is 2.00 e. The van der Waals surface area contributed by atoms with Gasteiger partial charge in [0.15, 0.2) is 0 Å². The minimum absolute atomic E-state index is 0. The zero-order valence-electron chi connectivity index (χ0n) is 9.81. The van der Waals surface area contributed by atoms with Gasteiger partial charge in [-0.1, -0.05) is 6.08 Å². The van der Waals surface area contributed by atoms with Crippen LogP contribution in [0.4, 0.5) is 0 Å². The van der Waals surface area contributed by atoms with Crippen LogP contribution in [0, 0.1) is 0 Å². The smallest absolute Gasteiger partial charge is 0.0161 e. The fraction of sp³-hybridized carbons (Fsp3) is 0.778. The molecule has 1 aliphatic rings. The van der Waals surface area contributed by atoms with Gasteiger partial charge in [-0.3, -0.25) is 4.90 Å². The maximum absolute atomic E-state index is 3.75. The van der Waals surface area contributed by atoms with E-state index in [1.165, 1.54) is 0 Å². The van der Waals surface area contributed by atoms with E-state index in [9.17, 15) is 0 Å². The van der Waals surface area contributed by atoms with Gasteiger partial charge in [-0.05, 0) is 0 Å². The first-order valence-electron chi connectivity index (χ1n) is 4.68. The molecular weight excluding hydrogens is 310 g/mol. The Morgan fingerprint density at radius 2 is 1.35 bits per heavy atom. The van der Waals surface area contributed by atoms with Gasteiger partial charge in [-0.15, -0.1) is 6.58 Å². The van der Waals surface area contributed by atoms with E-state index in [0.29, 0.717) is 0 Å². The fourth-order valence-corrected chi connectivity index (χ4v) is 1.38. The van der Waals surface area contributed by atoms with Gasteiger partial charge in [-0.25, -0.2) is 0 Å². The van der Waals surface area contributed by atoms with Crippen molar-refractivity contribution in [2.24, 2.45) is 0 Å². The fourth-order valence-electron chi connectivity index (χ4n) is 1.38. The molecule has 108 valence electrons. The van der Waals surface area contributed by atoms with Crippen molar-refractivity contribution in [2.75, 3.05) is 45.8 Å². The van der Waals surface area contributed by atoms with Crippen molar-refractivity contribution in [3.05, 3.63) is 12.7 Å². The molecule has 1 aliphatic heterocycles. The average Bonchev–Trinajstić information content (AvgIpc) is 2.19. The summed E-state index contributed by atoms with van der Waals surface area (Å²) in [6, 6.07) is 0. The van der Waals surface area contributed by atoms with Crippen molar-refractivity contribution < 1.29 is 43.0 Å². The molecular formula is C9H21MoN3O4-6. The average molecular weight is 331 g/mol. The predicted molar refractivity (Wildman–Crippen MR) is 58.0 cm³/mol. The Morgan fingerprint density at radius 3 is 1.71 bits per heavy atom. The molecule has 0 bridgehead atoms. The molecule has 0 aromatic carbocycles. The molecule has 1 fully saturated rings. The van der Waals surface area contributed by atoms with Gasteiger partial charge >= 0.3 is 0 Å². The third-order valence-corrected chi connectivity index (χ3v) is 2.08. The standard InChI is InChI=1S/C9H19N3.Mo.H2O.3O/c1-2-7-12-8-5-10-3-4-11-6-9-12;;;;;/h2,10-11H,1,3-9H2;;1H2;;;/q;;;3*-2. The molecule has 0 radical (unpaired) electrons. The van der Waals surface area contributed by atoms with Crippen LogP contribution in [0.1, 0.15) is 0 Å². The summed E-state index contributed by atoms with van der Waals surface area (Å²) in [5.41, 5.74) is 0. The van der Waals surface area contributed by atoms with Crippen LogP contribution < -0.4 is 10.6 Å². The molecule has 4 N–H and O–H groups in total. The zero-order valence-corrected chi connectivity index (χ0v) is 11.8. The summed E-state index contributed by atoms with van der Waals surface area (Å²) in [5, 5.41) is 6.75. The van der Waals surface area contributed by atoms with Gasteiger partial charge in [0.2, 0.25) is 0 Å². The Labute approximate surface area is 117 Å². The van der Waals surface area contributed by atoms with Crippen LogP contribution in [-0.2, 0) is 37.5 Å². The van der Waals surface area contributed by atoms with Crippen molar-refractivity contribution in [3.63, 3.8) is 0 Å². The number of hydrogen-bond acceptors (Lipinski definition) is 3. The van der Waals surface area contributed by atoms with Gasteiger partial charge in [0.25, 0.3) is 0 Å². The van der Waals surface area contributed by atoms with E-state index < -0.39 is 0 Å². The van der Waals surface area contributed by atoms with E-state index in [4.69, 9.17) is 0 Å². The minimum atomic E-state index is 0. The minimum Gasteiger partial charge on any atom is -2.00 e. The molecule has 1 rings (SSSR count). The number of nitrogens with zero attached hydrogens (tertiary/aromatic N) is 1. The molecule has 0 aliphatic carbocycles. The number of nitrogens with one attached hydrogen (secondary N) is 2. The van der Waals surface area contributed by atoms with Crippen LogP contribution in [0.2, 0.25) is 0 Å². The van der Waals surface area contributed by atoms with E-state index in [2.05, 4.69) is 22.1 Å². The molecule has 0 aromatic heterocycles. The SMILES string of the molecule is C=CCN1CCNCCNCC1.O.[Mo].[O-2].[O-2].[O-2]. The van der Waals surface area contributed by atoms with Crippen LogP contribution >= 0.6 is 0 Å². The Morgan fingerprint density at radius 1 is 0.941 bits per heavy atom. The Hall–Kier alpha value is 0.148. The first-order valence-corrected chi connectivity index (χ1v) is 4.68. The normalized spacial score (nSPS) is 15.8. The second-order valence-electron chi connectivity index (χ2n) is 3.09. The van der Waals surface area contributed by atoms with E-state index in [-0.39, 0.29) is 43.0 Å². The summed E-state index contributed by atoms with van der Waals surface area (Å²) >= 11 is 0. The van der Waals surface area contributed by atoms with Gasteiger partial charge in [-0.2, -0.15) is 0 Å². The molecule has 0 unspecified atom stereocenters. The van der Waals surface area contributed by atoms with Crippen LogP contribution in [-0.4, -0.2) is 56.2 Å². The van der Waals surface area contributed by atoms with Crippen LogP contribution in [0.25, 0.3) is 0 Å². The summed E-state index contributed by atoms with van der Waals surface area (Å²) < 4.78 is 0.